The molecule has 2 aromatic heterocycles. The van der Waals surface area contributed by atoms with Gasteiger partial charge in [-0.25, -0.2) is 4.98 Å². The highest BCUT2D eigenvalue weighted by atomic mass is 79.9. The van der Waals surface area contributed by atoms with Crippen LogP contribution in [-0.4, -0.2) is 53.3 Å². The van der Waals surface area contributed by atoms with Crippen molar-refractivity contribution in [2.24, 2.45) is 0 Å². The molecule has 0 radical (unpaired) electrons. The highest BCUT2D eigenvalue weighted by molar-refractivity contribution is 9.10. The van der Waals surface area contributed by atoms with E-state index in [0.717, 1.165) is 14.4 Å². The van der Waals surface area contributed by atoms with Gasteiger partial charge in [0.05, 0.1) is 11.4 Å². The fraction of sp³-hybridized carbons (Fsp3) is 0.400. The van der Waals surface area contributed by atoms with Crippen LogP contribution in [0.1, 0.15) is 24.3 Å². The Labute approximate surface area is 152 Å². The second-order valence-electron chi connectivity index (χ2n) is 4.89. The Bertz CT molecular complexity index is 694. The van der Waals surface area contributed by atoms with E-state index in [1.807, 2.05) is 25.3 Å². The minimum Gasteiger partial charge on any atom is -0.342 e. The van der Waals surface area contributed by atoms with Crippen LogP contribution in [0.15, 0.2) is 21.3 Å². The van der Waals surface area contributed by atoms with Gasteiger partial charge in [0, 0.05) is 35.4 Å². The molecular weight excluding hydrogens is 398 g/mol. The number of halogens is 1. The summed E-state index contributed by atoms with van der Waals surface area (Å²) in [6, 6.07) is 1.98. The summed E-state index contributed by atoms with van der Waals surface area (Å²) in [7, 11) is 1.63. The summed E-state index contributed by atoms with van der Waals surface area (Å²) < 4.78 is 1.00. The second-order valence-corrected chi connectivity index (χ2v) is 7.58. The Morgan fingerprint density at radius 3 is 2.48 bits per heavy atom. The maximum atomic E-state index is 12.4. The van der Waals surface area contributed by atoms with E-state index in [9.17, 15) is 9.59 Å². The smallest absolute Gasteiger partial charge is 0.273 e. The van der Waals surface area contributed by atoms with Crippen molar-refractivity contribution in [2.45, 2.75) is 13.8 Å². The quantitative estimate of drug-likeness (QED) is 0.724. The third-order valence-corrected chi connectivity index (χ3v) is 6.04. The molecule has 0 saturated heterocycles. The molecule has 23 heavy (non-hydrogen) atoms. The van der Waals surface area contributed by atoms with E-state index in [0.29, 0.717) is 18.8 Å². The number of carbonyl (C=O) groups is 2. The van der Waals surface area contributed by atoms with E-state index in [1.165, 1.54) is 16.2 Å². The largest absolute Gasteiger partial charge is 0.342 e. The highest BCUT2D eigenvalue weighted by Gasteiger charge is 2.20. The molecule has 0 aromatic carbocycles. The Morgan fingerprint density at radius 1 is 1.22 bits per heavy atom. The molecule has 0 bridgehead atoms. The number of nitrogens with zero attached hydrogens (tertiary/aromatic N) is 3. The fourth-order valence-corrected chi connectivity index (χ4v) is 4.36. The molecule has 5 nitrogen and oxygen atoms in total. The van der Waals surface area contributed by atoms with Gasteiger partial charge < -0.3 is 9.80 Å². The molecule has 0 aliphatic carbocycles. The number of carbonyl (C=O) groups excluding carboxylic acids is 2. The Balaban J connectivity index is 2.05. The maximum absolute atomic E-state index is 12.4. The topological polar surface area (TPSA) is 53.5 Å². The number of likely N-dealkylation sites (N-methyl/N-ethyl adjacent to an activating group) is 2. The van der Waals surface area contributed by atoms with Gasteiger partial charge >= 0.3 is 0 Å². The third kappa shape index (κ3) is 4.39. The van der Waals surface area contributed by atoms with E-state index in [2.05, 4.69) is 20.9 Å². The van der Waals surface area contributed by atoms with Crippen molar-refractivity contribution in [3.05, 3.63) is 27.0 Å². The van der Waals surface area contributed by atoms with Crippen molar-refractivity contribution in [3.63, 3.8) is 0 Å². The van der Waals surface area contributed by atoms with Gasteiger partial charge in [0.1, 0.15) is 10.7 Å². The predicted octanol–water partition coefficient (Wildman–Crippen LogP) is 3.57. The molecule has 0 saturated carbocycles. The van der Waals surface area contributed by atoms with E-state index < -0.39 is 0 Å². The van der Waals surface area contributed by atoms with Crippen molar-refractivity contribution in [2.75, 3.05) is 26.7 Å². The lowest BCUT2D eigenvalue weighted by Gasteiger charge is -2.22. The maximum Gasteiger partial charge on any atom is 0.273 e. The van der Waals surface area contributed by atoms with Crippen LogP contribution < -0.4 is 0 Å². The molecule has 0 fully saturated rings. The summed E-state index contributed by atoms with van der Waals surface area (Å²) >= 11 is 6.42. The number of amides is 2. The summed E-state index contributed by atoms with van der Waals surface area (Å²) in [6.45, 7) is 5.21. The van der Waals surface area contributed by atoms with Gasteiger partial charge in [-0.3, -0.25) is 9.59 Å². The highest BCUT2D eigenvalue weighted by Crippen LogP contribution is 2.32. The predicted molar refractivity (Wildman–Crippen MR) is 98.0 cm³/mol. The van der Waals surface area contributed by atoms with Gasteiger partial charge in [0.2, 0.25) is 5.91 Å². The first-order valence-corrected chi connectivity index (χ1v) is 9.74. The molecule has 124 valence electrons. The lowest BCUT2D eigenvalue weighted by molar-refractivity contribution is -0.131. The number of aromatic nitrogens is 1. The van der Waals surface area contributed by atoms with Crippen LogP contribution in [0.25, 0.3) is 9.88 Å². The molecule has 2 amide bonds. The Kier molecular flexibility index (Phi) is 6.32. The average Bonchev–Trinajstić information content (AvgIpc) is 3.16. The number of thiophene rings is 1. The zero-order valence-electron chi connectivity index (χ0n) is 13.2. The number of rotatable bonds is 6. The zero-order chi connectivity index (χ0) is 17.0. The van der Waals surface area contributed by atoms with Crippen molar-refractivity contribution < 1.29 is 9.59 Å². The molecule has 2 rings (SSSR count). The molecule has 0 spiro atoms. The molecule has 0 aliphatic rings. The lowest BCUT2D eigenvalue weighted by atomic mass is 10.3. The zero-order valence-corrected chi connectivity index (χ0v) is 16.4. The normalized spacial score (nSPS) is 10.6. The minimum atomic E-state index is -0.233. The standard InChI is InChI=1S/C15H18BrN3O2S2/c1-4-19(5-2)13(20)7-18(3)15(21)11-9-23-14(17-11)12-6-10(16)8-22-12/h6,8-9H,4-5,7H2,1-3H3. The second kappa shape index (κ2) is 8.03. The molecule has 8 heteroatoms. The molecule has 2 heterocycles. The number of hydrogen-bond acceptors (Lipinski definition) is 5. The lowest BCUT2D eigenvalue weighted by Crippen LogP contribution is -2.41. The van der Waals surface area contributed by atoms with E-state index in [4.69, 9.17) is 0 Å². The summed E-state index contributed by atoms with van der Waals surface area (Å²) in [5.41, 5.74) is 0.379. The van der Waals surface area contributed by atoms with E-state index in [1.54, 1.807) is 28.7 Å². The molecular formula is C15H18BrN3O2S2. The van der Waals surface area contributed by atoms with Crippen LogP contribution in [0.3, 0.4) is 0 Å². The molecule has 0 N–H and O–H groups in total. The van der Waals surface area contributed by atoms with Crippen LogP contribution in [0, 0.1) is 0 Å². The molecule has 0 aliphatic heterocycles. The van der Waals surface area contributed by atoms with Crippen molar-refractivity contribution in [1.82, 2.24) is 14.8 Å². The Hall–Kier alpha value is -1.25. The van der Waals surface area contributed by atoms with Gasteiger partial charge in [0.15, 0.2) is 0 Å². The molecule has 2 aromatic rings. The van der Waals surface area contributed by atoms with Crippen LogP contribution in [0.5, 0.6) is 0 Å². The van der Waals surface area contributed by atoms with Gasteiger partial charge in [-0.05, 0) is 35.8 Å². The van der Waals surface area contributed by atoms with Crippen LogP contribution in [0.2, 0.25) is 0 Å². The van der Waals surface area contributed by atoms with E-state index in [-0.39, 0.29) is 18.4 Å². The summed E-state index contributed by atoms with van der Waals surface area (Å²) in [6.07, 6.45) is 0. The van der Waals surface area contributed by atoms with Crippen LogP contribution in [-0.2, 0) is 4.79 Å². The van der Waals surface area contributed by atoms with Crippen molar-refractivity contribution in [1.29, 1.82) is 0 Å². The summed E-state index contributed by atoms with van der Waals surface area (Å²) in [4.78, 5) is 33.1. The monoisotopic (exact) mass is 415 g/mol. The summed E-state index contributed by atoms with van der Waals surface area (Å²) in [5.74, 6) is -0.285. The van der Waals surface area contributed by atoms with Gasteiger partial charge in [0.25, 0.3) is 5.91 Å². The van der Waals surface area contributed by atoms with Gasteiger partial charge in [-0.15, -0.1) is 22.7 Å². The SMILES string of the molecule is CCN(CC)C(=O)CN(C)C(=O)c1csc(-c2cc(Br)cs2)n1. The molecule has 0 atom stereocenters. The number of hydrogen-bond donors (Lipinski definition) is 0. The van der Waals surface area contributed by atoms with Crippen LogP contribution in [0.4, 0.5) is 0 Å². The van der Waals surface area contributed by atoms with Gasteiger partial charge in [-0.2, -0.15) is 0 Å². The average molecular weight is 416 g/mol. The minimum absolute atomic E-state index is 0.0523. The first-order valence-electron chi connectivity index (χ1n) is 7.19. The van der Waals surface area contributed by atoms with Crippen molar-refractivity contribution in [3.8, 4) is 9.88 Å². The van der Waals surface area contributed by atoms with Crippen molar-refractivity contribution >= 4 is 50.4 Å². The Morgan fingerprint density at radius 2 is 1.91 bits per heavy atom. The first kappa shape index (κ1) is 18.1. The third-order valence-electron chi connectivity index (χ3n) is 3.34. The fourth-order valence-electron chi connectivity index (χ4n) is 2.06. The van der Waals surface area contributed by atoms with E-state index >= 15 is 0 Å². The first-order chi connectivity index (χ1) is 11.0. The molecule has 0 unspecified atom stereocenters. The summed E-state index contributed by atoms with van der Waals surface area (Å²) in [5, 5.41) is 4.53. The van der Waals surface area contributed by atoms with Gasteiger partial charge in [-0.1, -0.05) is 0 Å². The number of thiazole rings is 1. The van der Waals surface area contributed by atoms with Crippen LogP contribution >= 0.6 is 38.6 Å².